The fourth-order valence-electron chi connectivity index (χ4n) is 3.55. The average Bonchev–Trinajstić information content (AvgIpc) is 2.49. The predicted molar refractivity (Wildman–Crippen MR) is 82.0 cm³/mol. The number of rotatable bonds is 5. The lowest BCUT2D eigenvalue weighted by molar-refractivity contribution is 0.174. The van der Waals surface area contributed by atoms with E-state index in [2.05, 4.69) is 12.3 Å². The van der Waals surface area contributed by atoms with Gasteiger partial charge in [-0.05, 0) is 36.3 Å². The van der Waals surface area contributed by atoms with E-state index in [4.69, 9.17) is 17.4 Å². The fraction of sp³-hybridized carbons (Fsp3) is 0.625. The lowest BCUT2D eigenvalue weighted by Crippen LogP contribution is -2.46. The van der Waals surface area contributed by atoms with Gasteiger partial charge in [0.2, 0.25) is 0 Å². The fourth-order valence-corrected chi connectivity index (χ4v) is 3.74. The summed E-state index contributed by atoms with van der Waals surface area (Å²) in [5.41, 5.74) is 3.58. The third-order valence-corrected chi connectivity index (χ3v) is 4.99. The monoisotopic (exact) mass is 298 g/mol. The normalized spacial score (nSPS) is 24.6. The van der Waals surface area contributed by atoms with E-state index in [-0.39, 0.29) is 16.9 Å². The predicted octanol–water partition coefficient (Wildman–Crippen LogP) is 4.07. The van der Waals surface area contributed by atoms with Crippen LogP contribution < -0.4 is 11.3 Å². The Morgan fingerprint density at radius 3 is 2.85 bits per heavy atom. The minimum atomic E-state index is -0.307. The van der Waals surface area contributed by atoms with Crippen LogP contribution >= 0.6 is 11.6 Å². The maximum atomic E-state index is 14.0. The number of halogens is 2. The van der Waals surface area contributed by atoms with Crippen molar-refractivity contribution in [3.8, 4) is 0 Å². The quantitative estimate of drug-likeness (QED) is 0.635. The Bertz CT molecular complexity index is 438. The molecule has 1 aromatic rings. The highest BCUT2D eigenvalue weighted by Gasteiger charge is 2.30. The molecule has 1 saturated carbocycles. The highest BCUT2D eigenvalue weighted by atomic mass is 35.5. The Labute approximate surface area is 125 Å². The third kappa shape index (κ3) is 3.51. The summed E-state index contributed by atoms with van der Waals surface area (Å²) in [6.45, 7) is 2.23. The van der Waals surface area contributed by atoms with E-state index in [9.17, 15) is 4.39 Å². The zero-order chi connectivity index (χ0) is 14.5. The van der Waals surface area contributed by atoms with Gasteiger partial charge < -0.3 is 0 Å². The van der Waals surface area contributed by atoms with Gasteiger partial charge in [-0.1, -0.05) is 56.3 Å². The molecular formula is C16H24ClFN2. The molecule has 0 saturated heterocycles. The third-order valence-electron chi connectivity index (χ3n) is 4.69. The summed E-state index contributed by atoms with van der Waals surface area (Å²) < 4.78 is 14.0. The number of nitrogens with one attached hydrogen (secondary N) is 1. The Morgan fingerprint density at radius 2 is 2.15 bits per heavy atom. The molecule has 1 aromatic carbocycles. The molecule has 0 heterocycles. The van der Waals surface area contributed by atoms with Crippen LogP contribution in [0.4, 0.5) is 4.39 Å². The van der Waals surface area contributed by atoms with Crippen molar-refractivity contribution in [2.45, 2.75) is 51.5 Å². The molecule has 4 heteroatoms. The van der Waals surface area contributed by atoms with E-state index in [1.54, 1.807) is 18.2 Å². The highest BCUT2D eigenvalue weighted by Crippen LogP contribution is 2.35. The molecule has 2 rings (SSSR count). The number of nitrogens with two attached hydrogens (primary N) is 1. The first kappa shape index (κ1) is 15.7. The zero-order valence-electron chi connectivity index (χ0n) is 12.0. The van der Waals surface area contributed by atoms with E-state index in [1.807, 2.05) is 0 Å². The van der Waals surface area contributed by atoms with Gasteiger partial charge in [0.25, 0.3) is 0 Å². The standard InChI is InChI=1S/C16H24ClFN2/c1-2-11-6-3-4-8-13(11)15(20-19)10-12-7-5-9-14(17)16(12)18/h5,7,9,11,13,15,20H,2-4,6,8,10,19H2,1H3. The molecule has 0 aromatic heterocycles. The first-order valence-electron chi connectivity index (χ1n) is 7.56. The van der Waals surface area contributed by atoms with E-state index in [0.717, 1.165) is 0 Å². The molecule has 3 N–H and O–H groups in total. The topological polar surface area (TPSA) is 38.0 Å². The van der Waals surface area contributed by atoms with Crippen molar-refractivity contribution in [2.24, 2.45) is 17.7 Å². The SMILES string of the molecule is CCC1CCCCC1C(Cc1cccc(Cl)c1F)NN. The Kier molecular flexibility index (Phi) is 5.82. The van der Waals surface area contributed by atoms with Gasteiger partial charge in [0.05, 0.1) is 5.02 Å². The summed E-state index contributed by atoms with van der Waals surface area (Å²) >= 11 is 5.86. The molecule has 0 amide bonds. The number of hydrogen-bond acceptors (Lipinski definition) is 2. The van der Waals surface area contributed by atoms with Crippen molar-refractivity contribution in [3.05, 3.63) is 34.6 Å². The van der Waals surface area contributed by atoms with Gasteiger partial charge in [0, 0.05) is 6.04 Å². The van der Waals surface area contributed by atoms with Gasteiger partial charge in [0.1, 0.15) is 5.82 Å². The van der Waals surface area contributed by atoms with Crippen LogP contribution in [0.5, 0.6) is 0 Å². The molecule has 0 radical (unpaired) electrons. The maximum Gasteiger partial charge on any atom is 0.145 e. The van der Waals surface area contributed by atoms with Crippen LogP contribution in [-0.4, -0.2) is 6.04 Å². The molecule has 112 valence electrons. The Balaban J connectivity index is 2.13. The smallest absolute Gasteiger partial charge is 0.145 e. The first-order chi connectivity index (χ1) is 9.67. The minimum absolute atomic E-state index is 0.119. The Hall–Kier alpha value is -0.640. The molecule has 1 fully saturated rings. The van der Waals surface area contributed by atoms with Crippen molar-refractivity contribution in [1.82, 2.24) is 5.43 Å². The van der Waals surface area contributed by atoms with Crippen molar-refractivity contribution >= 4 is 11.6 Å². The van der Waals surface area contributed by atoms with Crippen LogP contribution in [-0.2, 0) is 6.42 Å². The van der Waals surface area contributed by atoms with Gasteiger partial charge in [-0.25, -0.2) is 4.39 Å². The second kappa shape index (κ2) is 7.39. The largest absolute Gasteiger partial charge is 0.271 e. The summed E-state index contributed by atoms with van der Waals surface area (Å²) in [5.74, 6) is 6.66. The van der Waals surface area contributed by atoms with Crippen molar-refractivity contribution in [1.29, 1.82) is 0 Å². The molecule has 1 aliphatic rings. The molecule has 0 spiro atoms. The van der Waals surface area contributed by atoms with Crippen molar-refractivity contribution < 1.29 is 4.39 Å². The molecule has 2 nitrogen and oxygen atoms in total. The maximum absolute atomic E-state index is 14.0. The van der Waals surface area contributed by atoms with Gasteiger partial charge in [-0.3, -0.25) is 11.3 Å². The van der Waals surface area contributed by atoms with Crippen molar-refractivity contribution in [3.63, 3.8) is 0 Å². The highest BCUT2D eigenvalue weighted by molar-refractivity contribution is 6.30. The van der Waals surface area contributed by atoms with Crippen LogP contribution in [0.3, 0.4) is 0 Å². The van der Waals surface area contributed by atoms with Gasteiger partial charge >= 0.3 is 0 Å². The number of hydrogen-bond donors (Lipinski definition) is 2. The van der Waals surface area contributed by atoms with Gasteiger partial charge in [-0.15, -0.1) is 0 Å². The lowest BCUT2D eigenvalue weighted by Gasteiger charge is -2.36. The summed E-state index contributed by atoms with van der Waals surface area (Å²) in [7, 11) is 0. The molecule has 0 bridgehead atoms. The summed E-state index contributed by atoms with van der Waals surface area (Å²) in [6, 6.07) is 5.30. The van der Waals surface area contributed by atoms with Gasteiger partial charge in [0.15, 0.2) is 0 Å². The zero-order valence-corrected chi connectivity index (χ0v) is 12.8. The minimum Gasteiger partial charge on any atom is -0.271 e. The lowest BCUT2D eigenvalue weighted by atomic mass is 9.73. The molecule has 20 heavy (non-hydrogen) atoms. The average molecular weight is 299 g/mol. The molecule has 3 atom stereocenters. The molecule has 0 aliphatic heterocycles. The van der Waals surface area contributed by atoms with Crippen molar-refractivity contribution in [2.75, 3.05) is 0 Å². The summed E-state index contributed by atoms with van der Waals surface area (Å²) in [5, 5.41) is 0.189. The van der Waals surface area contributed by atoms with E-state index in [1.165, 1.54) is 32.1 Å². The summed E-state index contributed by atoms with van der Waals surface area (Å²) in [6.07, 6.45) is 6.76. The Morgan fingerprint density at radius 1 is 1.40 bits per heavy atom. The first-order valence-corrected chi connectivity index (χ1v) is 7.94. The van der Waals surface area contributed by atoms with E-state index < -0.39 is 0 Å². The van der Waals surface area contributed by atoms with Gasteiger partial charge in [-0.2, -0.15) is 0 Å². The summed E-state index contributed by atoms with van der Waals surface area (Å²) in [4.78, 5) is 0. The van der Waals surface area contributed by atoms with E-state index >= 15 is 0 Å². The van der Waals surface area contributed by atoms with Crippen LogP contribution in [0.2, 0.25) is 5.02 Å². The second-order valence-electron chi connectivity index (χ2n) is 5.81. The van der Waals surface area contributed by atoms with Crippen LogP contribution in [0.1, 0.15) is 44.6 Å². The number of benzene rings is 1. The van der Waals surface area contributed by atoms with Crippen LogP contribution in [0.15, 0.2) is 18.2 Å². The molecule has 3 unspecified atom stereocenters. The van der Waals surface area contributed by atoms with Crippen LogP contribution in [0, 0.1) is 17.7 Å². The van der Waals surface area contributed by atoms with Crippen LogP contribution in [0.25, 0.3) is 0 Å². The van der Waals surface area contributed by atoms with E-state index in [0.29, 0.717) is 23.8 Å². The molecular weight excluding hydrogens is 275 g/mol. The number of hydrazine groups is 1. The second-order valence-corrected chi connectivity index (χ2v) is 6.21. The molecule has 1 aliphatic carbocycles.